The van der Waals surface area contributed by atoms with Crippen LogP contribution in [0.15, 0.2) is 58.9 Å². The molecule has 108 valence electrons. The average Bonchev–Trinajstić information content (AvgIpc) is 3.09. The maximum absolute atomic E-state index is 9.61. The molecule has 1 aromatic carbocycles. The second kappa shape index (κ2) is 6.78. The Morgan fingerprint density at radius 1 is 1.18 bits per heavy atom. The molecule has 0 aliphatic carbocycles. The molecular weight excluding hydrogens is 308 g/mol. The van der Waals surface area contributed by atoms with Gasteiger partial charge in [-0.3, -0.25) is 0 Å². The molecule has 0 saturated carbocycles. The van der Waals surface area contributed by atoms with E-state index < -0.39 is 0 Å². The van der Waals surface area contributed by atoms with Crippen molar-refractivity contribution < 1.29 is 4.98 Å². The standard InChI is InChI=1S/C18H14N2S2/c1-2-21-18-15(12-19)14(17-9-6-10-22-17)11-16(20-18)13-7-4-3-5-8-13/h3-11H,2H2,1H3/p+1. The Bertz CT molecular complexity index is 803. The number of aromatic nitrogens is 1. The third-order valence-electron chi connectivity index (χ3n) is 3.31. The van der Waals surface area contributed by atoms with E-state index in [2.05, 4.69) is 42.2 Å². The van der Waals surface area contributed by atoms with E-state index in [0.29, 0.717) is 0 Å². The predicted octanol–water partition coefficient (Wildman–Crippen LogP) is 4.88. The summed E-state index contributed by atoms with van der Waals surface area (Å²) in [6.45, 7) is 2.10. The van der Waals surface area contributed by atoms with Crippen LogP contribution in [0.3, 0.4) is 0 Å². The molecule has 0 spiro atoms. The molecular formula is C18H15N2S2+. The number of aromatic amines is 1. The summed E-state index contributed by atoms with van der Waals surface area (Å²) in [4.78, 5) is 4.55. The van der Waals surface area contributed by atoms with Crippen molar-refractivity contribution in [2.75, 3.05) is 5.75 Å². The molecule has 0 amide bonds. The minimum atomic E-state index is 0.731. The van der Waals surface area contributed by atoms with Crippen molar-refractivity contribution >= 4 is 23.1 Å². The molecule has 0 aliphatic heterocycles. The van der Waals surface area contributed by atoms with Crippen molar-refractivity contribution in [3.63, 3.8) is 0 Å². The fourth-order valence-electron chi connectivity index (χ4n) is 2.32. The summed E-state index contributed by atoms with van der Waals surface area (Å²) in [5.41, 5.74) is 3.90. The third-order valence-corrected chi connectivity index (χ3v) is 5.09. The molecule has 2 heterocycles. The first-order valence-electron chi connectivity index (χ1n) is 7.06. The van der Waals surface area contributed by atoms with Gasteiger partial charge in [-0.05, 0) is 23.6 Å². The predicted molar refractivity (Wildman–Crippen MR) is 92.9 cm³/mol. The largest absolute Gasteiger partial charge is 0.257 e. The van der Waals surface area contributed by atoms with Gasteiger partial charge < -0.3 is 0 Å². The van der Waals surface area contributed by atoms with E-state index in [1.165, 1.54) is 0 Å². The molecule has 0 atom stereocenters. The summed E-state index contributed by atoms with van der Waals surface area (Å²) >= 11 is 3.34. The molecule has 3 rings (SSSR count). The molecule has 4 heteroatoms. The van der Waals surface area contributed by atoms with Gasteiger partial charge in [0.15, 0.2) is 0 Å². The third kappa shape index (κ3) is 2.92. The Hall–Kier alpha value is -2.09. The molecule has 0 aliphatic rings. The number of nitriles is 1. The Balaban J connectivity index is 2.24. The van der Waals surface area contributed by atoms with Gasteiger partial charge in [0.1, 0.15) is 11.6 Å². The number of benzene rings is 1. The lowest BCUT2D eigenvalue weighted by atomic mass is 10.0. The number of nitrogens with one attached hydrogen (secondary N) is 1. The number of hydrogen-bond donors (Lipinski definition) is 0. The smallest absolute Gasteiger partial charge is 0.198 e. The highest BCUT2D eigenvalue weighted by molar-refractivity contribution is 7.99. The van der Waals surface area contributed by atoms with Crippen molar-refractivity contribution in [1.82, 2.24) is 0 Å². The van der Waals surface area contributed by atoms with Crippen molar-refractivity contribution in [1.29, 1.82) is 5.26 Å². The first-order valence-corrected chi connectivity index (χ1v) is 8.92. The van der Waals surface area contributed by atoms with Crippen LogP contribution in [0.5, 0.6) is 0 Å². The number of hydrogen-bond acceptors (Lipinski definition) is 3. The summed E-state index contributed by atoms with van der Waals surface area (Å²) in [6.07, 6.45) is 0. The SMILES string of the molecule is CCSc1[nH+]c(-c2ccccc2)cc(-c2cccs2)c1C#N. The molecule has 2 aromatic heterocycles. The lowest BCUT2D eigenvalue weighted by Crippen LogP contribution is -2.13. The quantitative estimate of drug-likeness (QED) is 0.642. The minimum absolute atomic E-state index is 0.731. The van der Waals surface area contributed by atoms with Crippen molar-refractivity contribution in [3.8, 4) is 27.8 Å². The molecule has 0 saturated heterocycles. The monoisotopic (exact) mass is 323 g/mol. The molecule has 0 fully saturated rings. The van der Waals surface area contributed by atoms with Crippen LogP contribution in [-0.4, -0.2) is 5.75 Å². The van der Waals surface area contributed by atoms with Crippen LogP contribution in [0.25, 0.3) is 21.7 Å². The van der Waals surface area contributed by atoms with Crippen molar-refractivity contribution in [2.45, 2.75) is 11.9 Å². The maximum Gasteiger partial charge on any atom is 0.257 e. The topological polar surface area (TPSA) is 37.9 Å². The zero-order valence-electron chi connectivity index (χ0n) is 12.2. The number of thioether (sulfide) groups is 1. The summed E-state index contributed by atoms with van der Waals surface area (Å²) in [5, 5.41) is 12.6. The van der Waals surface area contributed by atoms with Gasteiger partial charge in [-0.15, -0.1) is 11.3 Å². The van der Waals surface area contributed by atoms with Gasteiger partial charge in [0, 0.05) is 27.8 Å². The second-order valence-electron chi connectivity index (χ2n) is 4.69. The summed E-state index contributed by atoms with van der Waals surface area (Å²) in [5.74, 6) is 0.924. The van der Waals surface area contributed by atoms with E-state index in [1.54, 1.807) is 23.1 Å². The maximum atomic E-state index is 9.61. The number of pyridine rings is 1. The zero-order valence-corrected chi connectivity index (χ0v) is 13.8. The van der Waals surface area contributed by atoms with E-state index in [1.807, 2.05) is 29.6 Å². The fraction of sp³-hybridized carbons (Fsp3) is 0.111. The van der Waals surface area contributed by atoms with Crippen molar-refractivity contribution in [2.24, 2.45) is 0 Å². The van der Waals surface area contributed by atoms with Crippen LogP contribution in [0, 0.1) is 11.3 Å². The minimum Gasteiger partial charge on any atom is -0.198 e. The Labute approximate surface area is 138 Å². The van der Waals surface area contributed by atoms with Crippen LogP contribution in [0.1, 0.15) is 12.5 Å². The molecule has 0 radical (unpaired) electrons. The lowest BCUT2D eigenvalue weighted by molar-refractivity contribution is -0.414. The number of thiophene rings is 1. The first kappa shape index (κ1) is 14.8. The van der Waals surface area contributed by atoms with Crippen LogP contribution in [-0.2, 0) is 0 Å². The molecule has 0 unspecified atom stereocenters. The highest BCUT2D eigenvalue weighted by Crippen LogP contribution is 2.33. The van der Waals surface area contributed by atoms with E-state index in [-0.39, 0.29) is 0 Å². The van der Waals surface area contributed by atoms with Gasteiger partial charge in [0.25, 0.3) is 5.03 Å². The highest BCUT2D eigenvalue weighted by atomic mass is 32.2. The van der Waals surface area contributed by atoms with Crippen LogP contribution in [0.2, 0.25) is 0 Å². The van der Waals surface area contributed by atoms with Gasteiger partial charge >= 0.3 is 0 Å². The molecule has 1 N–H and O–H groups in total. The molecule has 2 nitrogen and oxygen atoms in total. The van der Waals surface area contributed by atoms with Crippen LogP contribution in [0.4, 0.5) is 0 Å². The molecule has 0 bridgehead atoms. The van der Waals surface area contributed by atoms with Gasteiger partial charge in [-0.1, -0.05) is 43.0 Å². The summed E-state index contributed by atoms with van der Waals surface area (Å²) in [7, 11) is 0. The molecule has 3 aromatic rings. The van der Waals surface area contributed by atoms with Gasteiger partial charge in [0.2, 0.25) is 5.69 Å². The van der Waals surface area contributed by atoms with Gasteiger partial charge in [-0.25, -0.2) is 0 Å². The van der Waals surface area contributed by atoms with Gasteiger partial charge in [0.05, 0.1) is 0 Å². The Morgan fingerprint density at radius 2 is 2.00 bits per heavy atom. The van der Waals surface area contributed by atoms with E-state index in [4.69, 9.17) is 0 Å². The highest BCUT2D eigenvalue weighted by Gasteiger charge is 2.21. The normalized spacial score (nSPS) is 10.4. The fourth-order valence-corrected chi connectivity index (χ4v) is 3.84. The molecule has 22 heavy (non-hydrogen) atoms. The zero-order chi connectivity index (χ0) is 15.4. The first-order chi connectivity index (χ1) is 10.8. The number of H-pyrrole nitrogens is 1. The summed E-state index contributed by atoms with van der Waals surface area (Å²) < 4.78 is 0. The van der Waals surface area contributed by atoms with Gasteiger partial charge in [-0.2, -0.15) is 10.2 Å². The summed E-state index contributed by atoms with van der Waals surface area (Å²) in [6, 6.07) is 18.8. The Morgan fingerprint density at radius 3 is 2.64 bits per heavy atom. The second-order valence-corrected chi connectivity index (χ2v) is 6.91. The average molecular weight is 323 g/mol. The van der Waals surface area contributed by atoms with Crippen LogP contribution >= 0.6 is 23.1 Å². The van der Waals surface area contributed by atoms with E-state index in [9.17, 15) is 5.26 Å². The lowest BCUT2D eigenvalue weighted by Gasteiger charge is -2.05. The van der Waals surface area contributed by atoms with E-state index >= 15 is 0 Å². The van der Waals surface area contributed by atoms with Crippen LogP contribution < -0.4 is 4.98 Å². The Kier molecular flexibility index (Phi) is 4.57. The van der Waals surface area contributed by atoms with E-state index in [0.717, 1.165) is 38.0 Å². The van der Waals surface area contributed by atoms with Crippen molar-refractivity contribution in [3.05, 3.63) is 59.5 Å². The number of nitrogens with zero attached hydrogens (tertiary/aromatic N) is 1. The number of rotatable bonds is 4.